The van der Waals surface area contributed by atoms with Crippen LogP contribution in [0.1, 0.15) is 44.4 Å². The van der Waals surface area contributed by atoms with E-state index in [-0.39, 0.29) is 0 Å². The lowest BCUT2D eigenvalue weighted by Crippen LogP contribution is -2.39. The van der Waals surface area contributed by atoms with Crippen LogP contribution in [0.25, 0.3) is 0 Å². The van der Waals surface area contributed by atoms with Gasteiger partial charge in [-0.15, -0.1) is 0 Å². The quantitative estimate of drug-likeness (QED) is 0.839. The van der Waals surface area contributed by atoms with Gasteiger partial charge in [-0.05, 0) is 57.2 Å². The van der Waals surface area contributed by atoms with Gasteiger partial charge in [0.15, 0.2) is 0 Å². The molecule has 2 unspecified atom stereocenters. The Bertz CT molecular complexity index is 353. The average Bonchev–Trinajstić information content (AvgIpc) is 2.88. The SMILES string of the molecule is CC(c1ccco1)N(CC1CC1)CC1CCCN1. The number of nitrogens with one attached hydrogen (secondary N) is 1. The molecular weight excluding hydrogens is 224 g/mol. The van der Waals surface area contributed by atoms with E-state index in [0.29, 0.717) is 12.1 Å². The Balaban J connectivity index is 1.63. The fourth-order valence-corrected chi connectivity index (χ4v) is 2.93. The third kappa shape index (κ3) is 2.96. The molecule has 0 bridgehead atoms. The van der Waals surface area contributed by atoms with E-state index in [4.69, 9.17) is 4.42 Å². The molecule has 3 rings (SSSR count). The molecular formula is C15H24N2O. The van der Waals surface area contributed by atoms with Gasteiger partial charge < -0.3 is 9.73 Å². The molecule has 1 aliphatic heterocycles. The summed E-state index contributed by atoms with van der Waals surface area (Å²) in [4.78, 5) is 2.61. The highest BCUT2D eigenvalue weighted by Gasteiger charge is 2.30. The van der Waals surface area contributed by atoms with Crippen LogP contribution < -0.4 is 5.32 Å². The first-order chi connectivity index (χ1) is 8.83. The number of nitrogens with zero attached hydrogens (tertiary/aromatic N) is 1. The summed E-state index contributed by atoms with van der Waals surface area (Å²) in [5, 5.41) is 3.61. The largest absolute Gasteiger partial charge is 0.468 e. The van der Waals surface area contributed by atoms with Gasteiger partial charge in [-0.1, -0.05) is 0 Å². The first-order valence-corrected chi connectivity index (χ1v) is 7.34. The normalized spacial score (nSPS) is 25.8. The van der Waals surface area contributed by atoms with Crippen molar-refractivity contribution in [3.8, 4) is 0 Å². The Kier molecular flexibility index (Phi) is 3.71. The van der Waals surface area contributed by atoms with Crippen LogP contribution >= 0.6 is 0 Å². The van der Waals surface area contributed by atoms with Gasteiger partial charge in [0.05, 0.1) is 12.3 Å². The minimum absolute atomic E-state index is 0.406. The molecule has 2 aliphatic rings. The van der Waals surface area contributed by atoms with Gasteiger partial charge in [0, 0.05) is 19.1 Å². The van der Waals surface area contributed by atoms with Crippen LogP contribution in [0.2, 0.25) is 0 Å². The van der Waals surface area contributed by atoms with Crippen molar-refractivity contribution >= 4 is 0 Å². The lowest BCUT2D eigenvalue weighted by Gasteiger charge is -2.30. The van der Waals surface area contributed by atoms with Crippen LogP contribution in [0.4, 0.5) is 0 Å². The third-order valence-electron chi connectivity index (χ3n) is 4.31. The molecule has 18 heavy (non-hydrogen) atoms. The smallest absolute Gasteiger partial charge is 0.120 e. The van der Waals surface area contributed by atoms with Gasteiger partial charge in [-0.3, -0.25) is 4.90 Å². The predicted molar refractivity (Wildman–Crippen MR) is 72.4 cm³/mol. The monoisotopic (exact) mass is 248 g/mol. The van der Waals surface area contributed by atoms with Gasteiger partial charge in [0.25, 0.3) is 0 Å². The van der Waals surface area contributed by atoms with Crippen LogP contribution in [0.15, 0.2) is 22.8 Å². The van der Waals surface area contributed by atoms with E-state index in [1.54, 1.807) is 6.26 Å². The van der Waals surface area contributed by atoms with E-state index in [9.17, 15) is 0 Å². The summed E-state index contributed by atoms with van der Waals surface area (Å²) in [5.41, 5.74) is 0. The molecule has 0 aromatic carbocycles. The molecule has 1 aromatic rings. The zero-order valence-electron chi connectivity index (χ0n) is 11.3. The Hall–Kier alpha value is -0.800. The van der Waals surface area contributed by atoms with Crippen LogP contribution in [-0.4, -0.2) is 30.6 Å². The van der Waals surface area contributed by atoms with Crippen molar-refractivity contribution in [2.24, 2.45) is 5.92 Å². The van der Waals surface area contributed by atoms with Gasteiger partial charge in [-0.2, -0.15) is 0 Å². The summed E-state index contributed by atoms with van der Waals surface area (Å²) in [6.07, 6.45) is 7.27. The second-order valence-corrected chi connectivity index (χ2v) is 5.88. The zero-order chi connectivity index (χ0) is 12.4. The van der Waals surface area contributed by atoms with E-state index in [2.05, 4.69) is 23.2 Å². The maximum absolute atomic E-state index is 5.58. The van der Waals surface area contributed by atoms with Crippen LogP contribution in [-0.2, 0) is 0 Å². The predicted octanol–water partition coefficient (Wildman–Crippen LogP) is 2.80. The molecule has 2 atom stereocenters. The van der Waals surface area contributed by atoms with E-state index < -0.39 is 0 Å². The van der Waals surface area contributed by atoms with E-state index in [0.717, 1.165) is 11.7 Å². The molecule has 0 amide bonds. The second-order valence-electron chi connectivity index (χ2n) is 5.88. The number of furan rings is 1. The Morgan fingerprint density at radius 1 is 1.39 bits per heavy atom. The highest BCUT2D eigenvalue weighted by molar-refractivity contribution is 5.04. The summed E-state index contributed by atoms with van der Waals surface area (Å²) >= 11 is 0. The maximum Gasteiger partial charge on any atom is 0.120 e. The fraction of sp³-hybridized carbons (Fsp3) is 0.733. The van der Waals surface area contributed by atoms with Crippen LogP contribution in [0.3, 0.4) is 0 Å². The molecule has 100 valence electrons. The van der Waals surface area contributed by atoms with Gasteiger partial charge in [0.2, 0.25) is 0 Å². The topological polar surface area (TPSA) is 28.4 Å². The minimum Gasteiger partial charge on any atom is -0.468 e. The Morgan fingerprint density at radius 2 is 2.28 bits per heavy atom. The lowest BCUT2D eigenvalue weighted by molar-refractivity contribution is 0.165. The molecule has 1 saturated carbocycles. The van der Waals surface area contributed by atoms with Crippen molar-refractivity contribution < 1.29 is 4.42 Å². The Labute approximate surface area is 110 Å². The molecule has 0 radical (unpaired) electrons. The van der Waals surface area contributed by atoms with Crippen LogP contribution in [0, 0.1) is 5.92 Å². The van der Waals surface area contributed by atoms with E-state index in [1.807, 2.05) is 6.07 Å². The van der Waals surface area contributed by atoms with Crippen molar-refractivity contribution in [1.29, 1.82) is 0 Å². The fourth-order valence-electron chi connectivity index (χ4n) is 2.93. The third-order valence-corrected chi connectivity index (χ3v) is 4.31. The summed E-state index contributed by atoms with van der Waals surface area (Å²) in [6, 6.07) is 5.19. The summed E-state index contributed by atoms with van der Waals surface area (Å²) in [6.45, 7) is 5.87. The van der Waals surface area contributed by atoms with Crippen molar-refractivity contribution in [2.45, 2.75) is 44.7 Å². The second kappa shape index (κ2) is 5.45. The summed E-state index contributed by atoms with van der Waals surface area (Å²) < 4.78 is 5.58. The van der Waals surface area contributed by atoms with Gasteiger partial charge >= 0.3 is 0 Å². The minimum atomic E-state index is 0.406. The standard InChI is InChI=1S/C15H24N2O/c1-12(15-5-3-9-18-15)17(10-13-6-7-13)11-14-4-2-8-16-14/h3,5,9,12-14,16H,2,4,6-8,10-11H2,1H3. The van der Waals surface area contributed by atoms with Gasteiger partial charge in [0.1, 0.15) is 5.76 Å². The molecule has 1 aliphatic carbocycles. The molecule has 2 fully saturated rings. The molecule has 3 nitrogen and oxygen atoms in total. The number of hydrogen-bond acceptors (Lipinski definition) is 3. The average molecular weight is 248 g/mol. The first kappa shape index (κ1) is 12.2. The summed E-state index contributed by atoms with van der Waals surface area (Å²) in [7, 11) is 0. The Morgan fingerprint density at radius 3 is 2.89 bits per heavy atom. The summed E-state index contributed by atoms with van der Waals surface area (Å²) in [5.74, 6) is 2.04. The number of hydrogen-bond donors (Lipinski definition) is 1. The van der Waals surface area contributed by atoms with E-state index >= 15 is 0 Å². The molecule has 3 heteroatoms. The number of rotatable bonds is 6. The van der Waals surface area contributed by atoms with Crippen molar-refractivity contribution in [1.82, 2.24) is 10.2 Å². The van der Waals surface area contributed by atoms with E-state index in [1.165, 1.54) is 45.3 Å². The van der Waals surface area contributed by atoms with Crippen molar-refractivity contribution in [3.63, 3.8) is 0 Å². The highest BCUT2D eigenvalue weighted by atomic mass is 16.3. The van der Waals surface area contributed by atoms with Crippen molar-refractivity contribution in [3.05, 3.63) is 24.2 Å². The molecule has 1 aromatic heterocycles. The first-order valence-electron chi connectivity index (χ1n) is 7.34. The molecule has 2 heterocycles. The molecule has 1 N–H and O–H groups in total. The molecule has 1 saturated heterocycles. The maximum atomic E-state index is 5.58. The van der Waals surface area contributed by atoms with Crippen molar-refractivity contribution in [2.75, 3.05) is 19.6 Å². The highest BCUT2D eigenvalue weighted by Crippen LogP contribution is 2.33. The molecule has 0 spiro atoms. The van der Waals surface area contributed by atoms with Gasteiger partial charge in [-0.25, -0.2) is 0 Å². The van der Waals surface area contributed by atoms with Crippen LogP contribution in [0.5, 0.6) is 0 Å². The lowest BCUT2D eigenvalue weighted by atomic mass is 10.1. The zero-order valence-corrected chi connectivity index (χ0v) is 11.3.